The summed E-state index contributed by atoms with van der Waals surface area (Å²) in [4.78, 5) is 18.5. The van der Waals surface area contributed by atoms with Crippen molar-refractivity contribution in [2.45, 2.75) is 51.2 Å². The van der Waals surface area contributed by atoms with Crippen LogP contribution in [0.4, 0.5) is 0 Å². The number of pyridine rings is 1. The lowest BCUT2D eigenvalue weighted by molar-refractivity contribution is 0.114. The number of hydrogen-bond acceptors (Lipinski definition) is 4. The van der Waals surface area contributed by atoms with Crippen LogP contribution in [0.15, 0.2) is 33.8 Å². The highest BCUT2D eigenvalue weighted by molar-refractivity contribution is 7.07. The van der Waals surface area contributed by atoms with E-state index in [0.717, 1.165) is 50.1 Å². The SMILES string of the molecule is O=c1c(CN2C[C@H]3CCC[C@H]3C2)ccc2n1C[C@H]1C[C@@H]2CN(Cc2ccsc2)C1. The van der Waals surface area contributed by atoms with Gasteiger partial charge in [0.2, 0.25) is 0 Å². The van der Waals surface area contributed by atoms with Crippen LogP contribution in [0.2, 0.25) is 0 Å². The Labute approximate surface area is 177 Å². The third kappa shape index (κ3) is 3.41. The molecule has 0 unspecified atom stereocenters. The number of aromatic nitrogens is 1. The molecule has 1 aliphatic carbocycles. The summed E-state index contributed by atoms with van der Waals surface area (Å²) in [5, 5.41) is 4.44. The van der Waals surface area contributed by atoms with E-state index in [1.54, 1.807) is 11.3 Å². The number of nitrogens with zero attached hydrogens (tertiary/aromatic N) is 3. The van der Waals surface area contributed by atoms with Gasteiger partial charge in [-0.1, -0.05) is 12.5 Å². The molecule has 2 saturated heterocycles. The zero-order valence-corrected chi connectivity index (χ0v) is 17.9. The molecule has 0 aromatic carbocycles. The predicted molar refractivity (Wildman–Crippen MR) is 117 cm³/mol. The Bertz CT molecular complexity index is 924. The molecule has 154 valence electrons. The van der Waals surface area contributed by atoms with Crippen LogP contribution in [0.5, 0.6) is 0 Å². The first-order chi connectivity index (χ1) is 14.2. The molecular formula is C24H31N3OS. The summed E-state index contributed by atoms with van der Waals surface area (Å²) in [5.41, 5.74) is 4.02. The van der Waals surface area contributed by atoms with Gasteiger partial charge in [0, 0.05) is 63.0 Å². The summed E-state index contributed by atoms with van der Waals surface area (Å²) in [6.45, 7) is 7.42. The monoisotopic (exact) mass is 409 g/mol. The molecule has 4 aliphatic rings. The maximum atomic E-state index is 13.3. The third-order valence-corrected chi connectivity index (χ3v) is 8.67. The molecule has 2 bridgehead atoms. The van der Waals surface area contributed by atoms with Gasteiger partial charge in [-0.3, -0.25) is 14.6 Å². The average molecular weight is 410 g/mol. The standard InChI is InChI=1S/C24H31N3OS/c28-24-21(14-26-12-19-2-1-3-20(19)13-26)4-5-23-22-8-18(11-27(23)24)10-25(15-22)9-17-6-7-29-16-17/h4-7,16,18-20,22H,1-3,8-15H2/t18-,19-,20+,22+/m0/s1. The van der Waals surface area contributed by atoms with Gasteiger partial charge < -0.3 is 4.57 Å². The van der Waals surface area contributed by atoms with Crippen molar-refractivity contribution >= 4 is 11.3 Å². The summed E-state index contributed by atoms with van der Waals surface area (Å²) >= 11 is 1.78. The van der Waals surface area contributed by atoms with E-state index in [2.05, 4.69) is 43.3 Å². The molecule has 2 aromatic rings. The minimum absolute atomic E-state index is 0.292. The summed E-state index contributed by atoms with van der Waals surface area (Å²) in [7, 11) is 0. The second-order valence-corrected chi connectivity index (χ2v) is 10.7. The maximum absolute atomic E-state index is 13.3. The zero-order chi connectivity index (χ0) is 19.4. The third-order valence-electron chi connectivity index (χ3n) is 7.94. The van der Waals surface area contributed by atoms with E-state index in [0.29, 0.717) is 17.4 Å². The smallest absolute Gasteiger partial charge is 0.255 e. The van der Waals surface area contributed by atoms with Crippen LogP contribution < -0.4 is 5.56 Å². The quantitative estimate of drug-likeness (QED) is 0.770. The zero-order valence-electron chi connectivity index (χ0n) is 17.1. The van der Waals surface area contributed by atoms with Crippen LogP contribution in [0.25, 0.3) is 0 Å². The highest BCUT2D eigenvalue weighted by Gasteiger charge is 2.37. The molecular weight excluding hydrogens is 378 g/mol. The first kappa shape index (κ1) is 18.3. The van der Waals surface area contributed by atoms with Crippen molar-refractivity contribution in [3.8, 4) is 0 Å². The normalized spacial score (nSPS) is 31.7. The highest BCUT2D eigenvalue weighted by atomic mass is 32.1. The fourth-order valence-electron chi connectivity index (χ4n) is 6.68. The molecule has 0 N–H and O–H groups in total. The van der Waals surface area contributed by atoms with E-state index in [1.165, 1.54) is 50.0 Å². The lowest BCUT2D eigenvalue weighted by atomic mass is 9.83. The van der Waals surface area contributed by atoms with Crippen molar-refractivity contribution in [2.24, 2.45) is 17.8 Å². The summed E-state index contributed by atoms with van der Waals surface area (Å²) in [6, 6.07) is 6.68. The number of thiophene rings is 1. The molecule has 0 radical (unpaired) electrons. The topological polar surface area (TPSA) is 28.5 Å². The Morgan fingerprint density at radius 2 is 1.76 bits per heavy atom. The lowest BCUT2D eigenvalue weighted by Gasteiger charge is -2.43. The molecule has 0 spiro atoms. The molecule has 5 heterocycles. The molecule has 0 amide bonds. The minimum atomic E-state index is 0.292. The van der Waals surface area contributed by atoms with E-state index >= 15 is 0 Å². The molecule has 3 fully saturated rings. The van der Waals surface area contributed by atoms with Crippen LogP contribution in [-0.4, -0.2) is 40.5 Å². The second kappa shape index (κ2) is 7.36. The van der Waals surface area contributed by atoms with E-state index in [1.807, 2.05) is 0 Å². The number of likely N-dealkylation sites (tertiary alicyclic amines) is 2. The van der Waals surface area contributed by atoms with Crippen molar-refractivity contribution in [1.29, 1.82) is 0 Å². The van der Waals surface area contributed by atoms with Crippen LogP contribution in [0, 0.1) is 17.8 Å². The summed E-state index contributed by atoms with van der Waals surface area (Å²) in [5.74, 6) is 2.90. The molecule has 5 heteroatoms. The Morgan fingerprint density at radius 3 is 2.55 bits per heavy atom. The van der Waals surface area contributed by atoms with Crippen LogP contribution in [0.3, 0.4) is 0 Å². The van der Waals surface area contributed by atoms with Gasteiger partial charge >= 0.3 is 0 Å². The van der Waals surface area contributed by atoms with Crippen molar-refractivity contribution in [2.75, 3.05) is 26.2 Å². The van der Waals surface area contributed by atoms with E-state index < -0.39 is 0 Å². The van der Waals surface area contributed by atoms with Gasteiger partial charge in [0.1, 0.15) is 0 Å². The van der Waals surface area contributed by atoms with Gasteiger partial charge in [0.15, 0.2) is 0 Å². The molecule has 4 nitrogen and oxygen atoms in total. The van der Waals surface area contributed by atoms with Gasteiger partial charge in [-0.05, 0) is 65.5 Å². The van der Waals surface area contributed by atoms with Crippen LogP contribution >= 0.6 is 11.3 Å². The Balaban J connectivity index is 1.20. The predicted octanol–water partition coefficient (Wildman–Crippen LogP) is 3.76. The first-order valence-corrected chi connectivity index (χ1v) is 12.4. The highest BCUT2D eigenvalue weighted by Crippen LogP contribution is 2.39. The molecule has 29 heavy (non-hydrogen) atoms. The number of hydrogen-bond donors (Lipinski definition) is 0. The van der Waals surface area contributed by atoms with Crippen LogP contribution in [0.1, 0.15) is 48.4 Å². The van der Waals surface area contributed by atoms with Gasteiger partial charge in [0.05, 0.1) is 0 Å². The van der Waals surface area contributed by atoms with Crippen molar-refractivity contribution in [3.05, 3.63) is 56.1 Å². The number of rotatable bonds is 4. The number of piperidine rings is 1. The van der Waals surface area contributed by atoms with Gasteiger partial charge in [0.25, 0.3) is 5.56 Å². The molecule has 1 saturated carbocycles. The molecule has 3 aliphatic heterocycles. The largest absolute Gasteiger partial charge is 0.312 e. The Morgan fingerprint density at radius 1 is 0.931 bits per heavy atom. The first-order valence-electron chi connectivity index (χ1n) is 11.4. The minimum Gasteiger partial charge on any atom is -0.312 e. The second-order valence-electron chi connectivity index (χ2n) is 9.97. The van der Waals surface area contributed by atoms with E-state index in [9.17, 15) is 4.79 Å². The van der Waals surface area contributed by atoms with E-state index in [-0.39, 0.29) is 0 Å². The van der Waals surface area contributed by atoms with Crippen molar-refractivity contribution in [3.63, 3.8) is 0 Å². The Hall–Kier alpha value is -1.43. The van der Waals surface area contributed by atoms with E-state index in [4.69, 9.17) is 0 Å². The van der Waals surface area contributed by atoms with Gasteiger partial charge in [-0.2, -0.15) is 11.3 Å². The summed E-state index contributed by atoms with van der Waals surface area (Å²) in [6.07, 6.45) is 5.45. The molecule has 4 atom stereocenters. The van der Waals surface area contributed by atoms with Crippen molar-refractivity contribution < 1.29 is 0 Å². The summed E-state index contributed by atoms with van der Waals surface area (Å²) < 4.78 is 2.15. The van der Waals surface area contributed by atoms with Gasteiger partial charge in [-0.25, -0.2) is 0 Å². The molecule has 2 aromatic heterocycles. The fraction of sp³-hybridized carbons (Fsp3) is 0.625. The Kier molecular flexibility index (Phi) is 4.66. The maximum Gasteiger partial charge on any atom is 0.255 e. The van der Waals surface area contributed by atoms with Crippen molar-refractivity contribution in [1.82, 2.24) is 14.4 Å². The number of fused-ring (bicyclic) bond motifs is 5. The lowest BCUT2D eigenvalue weighted by Crippen LogP contribution is -2.47. The van der Waals surface area contributed by atoms with Crippen LogP contribution in [-0.2, 0) is 19.6 Å². The fourth-order valence-corrected chi connectivity index (χ4v) is 7.34. The molecule has 6 rings (SSSR count). The average Bonchev–Trinajstić information content (AvgIpc) is 3.42. The van der Waals surface area contributed by atoms with Gasteiger partial charge in [-0.15, -0.1) is 0 Å².